The summed E-state index contributed by atoms with van der Waals surface area (Å²) in [4.78, 5) is 11.1. The summed E-state index contributed by atoms with van der Waals surface area (Å²) in [5, 5.41) is 3.31. The molecule has 62 valence electrons. The lowest BCUT2D eigenvalue weighted by molar-refractivity contribution is -0.124. The van der Waals surface area contributed by atoms with E-state index in [-0.39, 0.29) is 6.04 Å². The first-order valence-corrected chi connectivity index (χ1v) is 4.25. The van der Waals surface area contributed by atoms with E-state index in [1.54, 1.807) is 0 Å². The molecule has 2 fully saturated rings. The summed E-state index contributed by atoms with van der Waals surface area (Å²) in [6.45, 7) is 1.87. The molecular formula is C8H14N2O. The van der Waals surface area contributed by atoms with Crippen molar-refractivity contribution in [3.8, 4) is 0 Å². The van der Waals surface area contributed by atoms with Gasteiger partial charge in [0.25, 0.3) is 0 Å². The number of hydrogen-bond donors (Lipinski definition) is 2. The Labute approximate surface area is 66.3 Å². The van der Waals surface area contributed by atoms with Crippen molar-refractivity contribution in [3.05, 3.63) is 0 Å². The Morgan fingerprint density at radius 3 is 2.36 bits per heavy atom. The van der Waals surface area contributed by atoms with Gasteiger partial charge in [0.2, 0.25) is 0 Å². The molecule has 0 radical (unpaired) electrons. The Bertz CT molecular complexity index is 165. The van der Waals surface area contributed by atoms with Gasteiger partial charge in [-0.2, -0.15) is 0 Å². The standard InChI is InChI=1S/C8H14N2O/c9-8-5-1-7(11)2-6(8)4-10-3-5/h5-6,8,10H,1-4,9H2. The molecule has 3 heteroatoms. The highest BCUT2D eigenvalue weighted by Gasteiger charge is 2.37. The molecule has 2 atom stereocenters. The number of Topliss-reactive ketones (excluding diaryl/α,β-unsaturated/α-hetero) is 1. The first-order valence-electron chi connectivity index (χ1n) is 4.25. The van der Waals surface area contributed by atoms with E-state index in [2.05, 4.69) is 5.32 Å². The van der Waals surface area contributed by atoms with Crippen LogP contribution in [0.5, 0.6) is 0 Å². The molecule has 0 amide bonds. The van der Waals surface area contributed by atoms with Gasteiger partial charge in [-0.25, -0.2) is 0 Å². The number of nitrogens with one attached hydrogen (secondary N) is 1. The van der Waals surface area contributed by atoms with Gasteiger partial charge in [-0.1, -0.05) is 0 Å². The molecule has 1 saturated heterocycles. The fourth-order valence-corrected chi connectivity index (χ4v) is 2.20. The van der Waals surface area contributed by atoms with Crippen LogP contribution in [-0.2, 0) is 4.79 Å². The van der Waals surface area contributed by atoms with Crippen LogP contribution in [0, 0.1) is 11.8 Å². The minimum atomic E-state index is 0.272. The van der Waals surface area contributed by atoms with Crippen molar-refractivity contribution in [2.75, 3.05) is 13.1 Å². The Kier molecular flexibility index (Phi) is 1.69. The van der Waals surface area contributed by atoms with E-state index < -0.39 is 0 Å². The van der Waals surface area contributed by atoms with E-state index in [0.717, 1.165) is 13.1 Å². The van der Waals surface area contributed by atoms with Gasteiger partial charge in [-0.15, -0.1) is 0 Å². The predicted octanol–water partition coefficient (Wildman–Crippen LogP) is -0.488. The number of carbonyl (C=O) groups is 1. The lowest BCUT2D eigenvalue weighted by Crippen LogP contribution is -2.55. The SMILES string of the molecule is NC1C2CNCC1CC(=O)C2. The minimum absolute atomic E-state index is 0.272. The minimum Gasteiger partial charge on any atom is -0.327 e. The molecule has 2 bridgehead atoms. The zero-order valence-corrected chi connectivity index (χ0v) is 6.55. The molecule has 2 rings (SSSR count). The second-order valence-electron chi connectivity index (χ2n) is 3.70. The summed E-state index contributed by atoms with van der Waals surface area (Å²) < 4.78 is 0. The average Bonchev–Trinajstić information content (AvgIpc) is 1.92. The number of fused-ring (bicyclic) bond motifs is 2. The van der Waals surface area contributed by atoms with E-state index in [1.165, 1.54) is 0 Å². The molecule has 1 aliphatic carbocycles. The Morgan fingerprint density at radius 1 is 1.27 bits per heavy atom. The lowest BCUT2D eigenvalue weighted by atomic mass is 9.74. The maximum Gasteiger partial charge on any atom is 0.133 e. The van der Waals surface area contributed by atoms with E-state index >= 15 is 0 Å². The molecule has 1 aliphatic heterocycles. The number of hydrogen-bond acceptors (Lipinski definition) is 3. The maximum absolute atomic E-state index is 11.1. The summed E-state index contributed by atoms with van der Waals surface area (Å²) in [6, 6.07) is 0.272. The van der Waals surface area contributed by atoms with Crippen LogP contribution in [0.15, 0.2) is 0 Å². The molecule has 2 aliphatic rings. The molecular weight excluding hydrogens is 140 g/mol. The van der Waals surface area contributed by atoms with E-state index in [0.29, 0.717) is 30.5 Å². The van der Waals surface area contributed by atoms with Gasteiger partial charge in [0, 0.05) is 18.9 Å². The molecule has 1 saturated carbocycles. The summed E-state index contributed by atoms with van der Waals surface area (Å²) >= 11 is 0. The number of nitrogens with two attached hydrogens (primary N) is 1. The van der Waals surface area contributed by atoms with Crippen LogP contribution < -0.4 is 11.1 Å². The summed E-state index contributed by atoms with van der Waals surface area (Å²) in [5.41, 5.74) is 5.95. The van der Waals surface area contributed by atoms with E-state index in [9.17, 15) is 4.79 Å². The number of ketones is 1. The third-order valence-corrected chi connectivity index (χ3v) is 2.88. The molecule has 3 N–H and O–H groups in total. The largest absolute Gasteiger partial charge is 0.327 e. The van der Waals surface area contributed by atoms with Gasteiger partial charge in [0.1, 0.15) is 5.78 Å². The molecule has 3 nitrogen and oxygen atoms in total. The zero-order chi connectivity index (χ0) is 7.84. The number of piperidine rings is 1. The third-order valence-electron chi connectivity index (χ3n) is 2.88. The van der Waals surface area contributed by atoms with Crippen molar-refractivity contribution in [1.29, 1.82) is 0 Å². The van der Waals surface area contributed by atoms with Gasteiger partial charge in [-0.05, 0) is 24.9 Å². The quantitative estimate of drug-likeness (QED) is 0.495. The van der Waals surface area contributed by atoms with Crippen LogP contribution in [0.1, 0.15) is 12.8 Å². The van der Waals surface area contributed by atoms with E-state index in [4.69, 9.17) is 5.73 Å². The van der Waals surface area contributed by atoms with Gasteiger partial charge in [0.05, 0.1) is 0 Å². The fraction of sp³-hybridized carbons (Fsp3) is 0.875. The highest BCUT2D eigenvalue weighted by molar-refractivity contribution is 5.80. The van der Waals surface area contributed by atoms with Crippen LogP contribution >= 0.6 is 0 Å². The first kappa shape index (κ1) is 7.25. The Morgan fingerprint density at radius 2 is 1.82 bits per heavy atom. The van der Waals surface area contributed by atoms with Crippen molar-refractivity contribution < 1.29 is 4.79 Å². The second kappa shape index (κ2) is 2.57. The van der Waals surface area contributed by atoms with Crippen molar-refractivity contribution in [2.24, 2.45) is 17.6 Å². The molecule has 0 aromatic carbocycles. The molecule has 0 aromatic heterocycles. The first-order chi connectivity index (χ1) is 5.27. The number of rotatable bonds is 0. The molecule has 11 heavy (non-hydrogen) atoms. The molecule has 0 spiro atoms. The van der Waals surface area contributed by atoms with Crippen LogP contribution in [0.2, 0.25) is 0 Å². The normalized spacial score (nSPS) is 44.1. The second-order valence-corrected chi connectivity index (χ2v) is 3.70. The van der Waals surface area contributed by atoms with Crippen LogP contribution in [0.4, 0.5) is 0 Å². The average molecular weight is 154 g/mol. The van der Waals surface area contributed by atoms with Crippen LogP contribution in [0.25, 0.3) is 0 Å². The molecule has 2 unspecified atom stereocenters. The molecule has 1 heterocycles. The van der Waals surface area contributed by atoms with Gasteiger partial charge in [0.15, 0.2) is 0 Å². The predicted molar refractivity (Wildman–Crippen MR) is 42.1 cm³/mol. The van der Waals surface area contributed by atoms with Crippen LogP contribution in [-0.4, -0.2) is 24.9 Å². The monoisotopic (exact) mass is 154 g/mol. The van der Waals surface area contributed by atoms with Crippen molar-refractivity contribution in [2.45, 2.75) is 18.9 Å². The zero-order valence-electron chi connectivity index (χ0n) is 6.55. The summed E-state index contributed by atoms with van der Waals surface area (Å²) in [6.07, 6.45) is 1.40. The fourth-order valence-electron chi connectivity index (χ4n) is 2.20. The topological polar surface area (TPSA) is 55.1 Å². The Balaban J connectivity index is 2.12. The van der Waals surface area contributed by atoms with Crippen molar-refractivity contribution in [1.82, 2.24) is 5.32 Å². The summed E-state index contributed by atoms with van der Waals surface area (Å²) in [7, 11) is 0. The summed E-state index contributed by atoms with van der Waals surface area (Å²) in [5.74, 6) is 1.23. The lowest BCUT2D eigenvalue weighted by Gasteiger charge is -2.39. The smallest absolute Gasteiger partial charge is 0.133 e. The van der Waals surface area contributed by atoms with Crippen molar-refractivity contribution in [3.63, 3.8) is 0 Å². The highest BCUT2D eigenvalue weighted by atomic mass is 16.1. The highest BCUT2D eigenvalue weighted by Crippen LogP contribution is 2.27. The van der Waals surface area contributed by atoms with Crippen molar-refractivity contribution >= 4 is 5.78 Å². The molecule has 0 aromatic rings. The van der Waals surface area contributed by atoms with Gasteiger partial charge in [-0.3, -0.25) is 4.79 Å². The maximum atomic E-state index is 11.1. The van der Waals surface area contributed by atoms with E-state index in [1.807, 2.05) is 0 Å². The van der Waals surface area contributed by atoms with Gasteiger partial charge >= 0.3 is 0 Å². The number of carbonyl (C=O) groups excluding carboxylic acids is 1. The third kappa shape index (κ3) is 1.19. The Hall–Kier alpha value is -0.410. The van der Waals surface area contributed by atoms with Crippen LogP contribution in [0.3, 0.4) is 0 Å². The van der Waals surface area contributed by atoms with Gasteiger partial charge < -0.3 is 11.1 Å².